The Morgan fingerprint density at radius 1 is 1.22 bits per heavy atom. The van der Waals surface area contributed by atoms with Crippen molar-refractivity contribution >= 4 is 11.3 Å². The molecule has 1 aromatic heterocycles. The second-order valence-electron chi connectivity index (χ2n) is 5.30. The third-order valence-electron chi connectivity index (χ3n) is 3.87. The first-order valence-corrected chi connectivity index (χ1v) is 7.30. The molecule has 18 heavy (non-hydrogen) atoms. The molecule has 1 saturated carbocycles. The summed E-state index contributed by atoms with van der Waals surface area (Å²) in [5, 5.41) is 3.33. The summed E-state index contributed by atoms with van der Waals surface area (Å²) in [6, 6.07) is 6.95. The number of nitrogens with zero attached hydrogens (tertiary/aromatic N) is 1. The quantitative estimate of drug-likeness (QED) is 0.893. The van der Waals surface area contributed by atoms with Gasteiger partial charge in [-0.2, -0.15) is 0 Å². The molecule has 0 bridgehead atoms. The second kappa shape index (κ2) is 4.48. The number of benzene rings is 1. The number of thiazole rings is 1. The first-order valence-electron chi connectivity index (χ1n) is 6.42. The lowest BCUT2D eigenvalue weighted by Crippen LogP contribution is -2.34. The van der Waals surface area contributed by atoms with Gasteiger partial charge < -0.3 is 5.73 Å². The second-order valence-corrected chi connectivity index (χ2v) is 6.16. The fourth-order valence-electron chi connectivity index (χ4n) is 2.38. The fraction of sp³-hybridized carbons (Fsp3) is 0.400. The maximum atomic E-state index is 5.84. The van der Waals surface area contributed by atoms with Crippen LogP contribution in [0.2, 0.25) is 0 Å². The predicted molar refractivity (Wildman–Crippen MR) is 77.0 cm³/mol. The molecule has 94 valence electrons. The molecule has 0 atom stereocenters. The first kappa shape index (κ1) is 11.9. The Labute approximate surface area is 112 Å². The molecule has 1 aliphatic carbocycles. The van der Waals surface area contributed by atoms with E-state index in [1.54, 1.807) is 11.3 Å². The van der Waals surface area contributed by atoms with Crippen LogP contribution in [0.3, 0.4) is 0 Å². The van der Waals surface area contributed by atoms with Gasteiger partial charge in [-0.1, -0.05) is 12.1 Å². The van der Waals surface area contributed by atoms with Crippen molar-refractivity contribution < 1.29 is 0 Å². The van der Waals surface area contributed by atoms with Crippen LogP contribution in [-0.4, -0.2) is 11.0 Å². The van der Waals surface area contributed by atoms with Crippen molar-refractivity contribution in [3.63, 3.8) is 0 Å². The molecular formula is C15H18N2S. The highest BCUT2D eigenvalue weighted by Gasteiger charge is 2.29. The number of hydrogen-bond donors (Lipinski definition) is 1. The zero-order chi connectivity index (χ0) is 12.7. The summed E-state index contributed by atoms with van der Waals surface area (Å²) in [7, 11) is 0. The lowest BCUT2D eigenvalue weighted by atomic mass is 9.79. The van der Waals surface area contributed by atoms with Gasteiger partial charge in [0.05, 0.1) is 5.69 Å². The van der Waals surface area contributed by atoms with Crippen molar-refractivity contribution in [2.45, 2.75) is 38.6 Å². The molecule has 0 aliphatic heterocycles. The van der Waals surface area contributed by atoms with Gasteiger partial charge in [-0.25, -0.2) is 4.98 Å². The Kier molecular flexibility index (Phi) is 2.96. The van der Waals surface area contributed by atoms with Crippen molar-refractivity contribution in [3.8, 4) is 10.6 Å². The molecule has 0 radical (unpaired) electrons. The minimum absolute atomic E-state index is 0.391. The van der Waals surface area contributed by atoms with Crippen LogP contribution >= 0.6 is 11.3 Å². The molecule has 0 spiro atoms. The van der Waals surface area contributed by atoms with Gasteiger partial charge in [0.1, 0.15) is 5.01 Å². The molecule has 1 aromatic carbocycles. The molecule has 1 heterocycles. The lowest BCUT2D eigenvalue weighted by molar-refractivity contribution is 0.346. The Balaban J connectivity index is 1.86. The summed E-state index contributed by atoms with van der Waals surface area (Å²) in [5.74, 6) is 0.594. The summed E-state index contributed by atoms with van der Waals surface area (Å²) >= 11 is 1.74. The van der Waals surface area contributed by atoms with E-state index in [-0.39, 0.29) is 0 Å². The van der Waals surface area contributed by atoms with Crippen LogP contribution in [0.5, 0.6) is 0 Å². The summed E-state index contributed by atoms with van der Waals surface area (Å²) in [4.78, 5) is 4.77. The molecule has 2 aromatic rings. The predicted octanol–water partition coefficient (Wildman–Crippen LogP) is 3.63. The number of nitrogens with two attached hydrogens (primary N) is 1. The Hall–Kier alpha value is -1.19. The molecule has 3 heteroatoms. The average molecular weight is 258 g/mol. The van der Waals surface area contributed by atoms with Crippen LogP contribution in [0, 0.1) is 13.8 Å². The monoisotopic (exact) mass is 258 g/mol. The van der Waals surface area contributed by atoms with Crippen molar-refractivity contribution in [2.75, 3.05) is 0 Å². The summed E-state index contributed by atoms with van der Waals surface area (Å²) in [6.07, 6.45) is 2.19. The maximum absolute atomic E-state index is 5.84. The highest BCUT2D eigenvalue weighted by atomic mass is 32.1. The van der Waals surface area contributed by atoms with E-state index in [9.17, 15) is 0 Å². The minimum atomic E-state index is 0.391. The van der Waals surface area contributed by atoms with Gasteiger partial charge in [-0.15, -0.1) is 11.3 Å². The van der Waals surface area contributed by atoms with Gasteiger partial charge >= 0.3 is 0 Å². The molecule has 3 rings (SSSR count). The van der Waals surface area contributed by atoms with Crippen molar-refractivity contribution in [2.24, 2.45) is 5.73 Å². The number of aryl methyl sites for hydroxylation is 2. The molecule has 0 saturated heterocycles. The van der Waals surface area contributed by atoms with E-state index in [1.165, 1.54) is 22.4 Å². The van der Waals surface area contributed by atoms with Crippen molar-refractivity contribution in [3.05, 3.63) is 40.4 Å². The highest BCUT2D eigenvalue weighted by Crippen LogP contribution is 2.37. The number of hydrogen-bond acceptors (Lipinski definition) is 3. The van der Waals surface area contributed by atoms with Crippen LogP contribution in [0.15, 0.2) is 23.6 Å². The molecule has 1 aliphatic rings. The van der Waals surface area contributed by atoms with Gasteiger partial charge in [0, 0.05) is 22.9 Å². The fourth-order valence-corrected chi connectivity index (χ4v) is 3.28. The van der Waals surface area contributed by atoms with E-state index in [4.69, 9.17) is 10.7 Å². The van der Waals surface area contributed by atoms with Crippen molar-refractivity contribution in [1.82, 2.24) is 4.98 Å². The van der Waals surface area contributed by atoms with Crippen molar-refractivity contribution in [1.29, 1.82) is 0 Å². The standard InChI is InChI=1S/C15H18N2S/c1-9-3-4-11(5-10(9)2)15-17-14(8-18-15)12-6-13(16)7-12/h3-5,8,12-13H,6-7,16H2,1-2H3. The largest absolute Gasteiger partial charge is 0.328 e. The summed E-state index contributed by atoms with van der Waals surface area (Å²) in [6.45, 7) is 4.29. The summed E-state index contributed by atoms with van der Waals surface area (Å²) in [5.41, 5.74) is 11.0. The molecule has 2 N–H and O–H groups in total. The Bertz CT molecular complexity index is 568. The Morgan fingerprint density at radius 2 is 2.00 bits per heavy atom. The third kappa shape index (κ3) is 2.08. The summed E-state index contributed by atoms with van der Waals surface area (Å²) < 4.78 is 0. The van der Waals surface area contributed by atoms with Crippen LogP contribution < -0.4 is 5.73 Å². The van der Waals surface area contributed by atoms with Gasteiger partial charge in [-0.3, -0.25) is 0 Å². The maximum Gasteiger partial charge on any atom is 0.123 e. The van der Waals surface area contributed by atoms with Crippen LogP contribution in [-0.2, 0) is 0 Å². The number of aromatic nitrogens is 1. The first-order chi connectivity index (χ1) is 8.63. The van der Waals surface area contributed by atoms with Crippen LogP contribution in [0.25, 0.3) is 10.6 Å². The van der Waals surface area contributed by atoms with Crippen LogP contribution in [0.4, 0.5) is 0 Å². The Morgan fingerprint density at radius 3 is 2.67 bits per heavy atom. The van der Waals surface area contributed by atoms with Gasteiger partial charge in [0.2, 0.25) is 0 Å². The van der Waals surface area contributed by atoms with Gasteiger partial charge in [-0.05, 0) is 43.9 Å². The topological polar surface area (TPSA) is 38.9 Å². The normalized spacial score (nSPS) is 22.8. The van der Waals surface area contributed by atoms with E-state index in [2.05, 4.69) is 37.4 Å². The SMILES string of the molecule is Cc1ccc(-c2nc(C3CC(N)C3)cs2)cc1C. The molecule has 2 nitrogen and oxygen atoms in total. The van der Waals surface area contributed by atoms with E-state index < -0.39 is 0 Å². The zero-order valence-electron chi connectivity index (χ0n) is 10.8. The molecular weight excluding hydrogens is 240 g/mol. The van der Waals surface area contributed by atoms with Gasteiger partial charge in [0.25, 0.3) is 0 Å². The van der Waals surface area contributed by atoms with Crippen LogP contribution in [0.1, 0.15) is 35.6 Å². The number of rotatable bonds is 2. The molecule has 0 unspecified atom stereocenters. The average Bonchev–Trinajstić information content (AvgIpc) is 2.78. The molecule has 1 fully saturated rings. The third-order valence-corrected chi connectivity index (χ3v) is 4.78. The highest BCUT2D eigenvalue weighted by molar-refractivity contribution is 7.13. The zero-order valence-corrected chi connectivity index (χ0v) is 11.6. The smallest absolute Gasteiger partial charge is 0.123 e. The minimum Gasteiger partial charge on any atom is -0.328 e. The molecule has 0 amide bonds. The van der Waals surface area contributed by atoms with Gasteiger partial charge in [0.15, 0.2) is 0 Å². The van der Waals surface area contributed by atoms with E-state index in [1.807, 2.05) is 0 Å². The van der Waals surface area contributed by atoms with E-state index >= 15 is 0 Å². The van der Waals surface area contributed by atoms with E-state index in [0.29, 0.717) is 12.0 Å². The van der Waals surface area contributed by atoms with E-state index in [0.717, 1.165) is 17.8 Å². The lowest BCUT2D eigenvalue weighted by Gasteiger charge is -2.30.